The number of methoxy groups -OCH3 is 1. The third-order valence-electron chi connectivity index (χ3n) is 10.2. The lowest BCUT2D eigenvalue weighted by Gasteiger charge is -2.48. The molecule has 0 radical (unpaired) electrons. The lowest BCUT2D eigenvalue weighted by atomic mass is 9.67. The van der Waals surface area contributed by atoms with Crippen LogP contribution in [0.5, 0.6) is 11.5 Å². The number of carbonyl (C=O) groups is 2. The van der Waals surface area contributed by atoms with Crippen LogP contribution in [-0.2, 0) is 30.2 Å². The van der Waals surface area contributed by atoms with Crippen molar-refractivity contribution in [1.82, 2.24) is 0 Å². The van der Waals surface area contributed by atoms with E-state index in [1.54, 1.807) is 7.11 Å². The molecule has 7 heteroatoms. The van der Waals surface area contributed by atoms with Crippen LogP contribution in [-0.4, -0.2) is 51.1 Å². The van der Waals surface area contributed by atoms with Gasteiger partial charge < -0.3 is 23.7 Å². The van der Waals surface area contributed by atoms with Gasteiger partial charge in [-0.2, -0.15) is 0 Å². The van der Waals surface area contributed by atoms with Crippen molar-refractivity contribution in [2.24, 2.45) is 28.1 Å². The molecule has 0 aromatic heterocycles. The zero-order chi connectivity index (χ0) is 34.4. The number of fused-ring (bicyclic) bond motifs is 1. The third kappa shape index (κ3) is 10.7. The molecule has 2 rings (SSSR count). The molecule has 1 aliphatic rings. The van der Waals surface area contributed by atoms with Crippen LogP contribution >= 0.6 is 0 Å². The van der Waals surface area contributed by atoms with Crippen LogP contribution in [0.2, 0.25) is 0 Å². The van der Waals surface area contributed by atoms with E-state index in [0.717, 1.165) is 47.3 Å². The Kier molecular flexibility index (Phi) is 13.6. The van der Waals surface area contributed by atoms with Crippen LogP contribution in [0.3, 0.4) is 0 Å². The van der Waals surface area contributed by atoms with Gasteiger partial charge in [-0.05, 0) is 81.9 Å². The van der Waals surface area contributed by atoms with Gasteiger partial charge in [-0.3, -0.25) is 9.59 Å². The van der Waals surface area contributed by atoms with Gasteiger partial charge in [-0.15, -0.1) is 0 Å². The van der Waals surface area contributed by atoms with E-state index in [2.05, 4.69) is 55.4 Å². The Bertz CT molecular complexity index is 1160. The SMILES string of the molecule is COCC(C)(C)COCC(C)(C)COC(=O)CCC(=O)Oc1c(C)c(C)c2c(c1C)CCC(C)(C(C)(C)CCC(C)C(C)C)O2. The van der Waals surface area contributed by atoms with E-state index in [0.29, 0.717) is 37.4 Å². The first-order valence-electron chi connectivity index (χ1n) is 16.9. The number of benzene rings is 1. The predicted octanol–water partition coefficient (Wildman–Crippen LogP) is 8.74. The van der Waals surface area contributed by atoms with Crippen molar-refractivity contribution in [3.05, 3.63) is 22.3 Å². The highest BCUT2D eigenvalue weighted by molar-refractivity contribution is 5.80. The summed E-state index contributed by atoms with van der Waals surface area (Å²) in [6, 6.07) is 0. The topological polar surface area (TPSA) is 80.3 Å². The molecule has 1 heterocycles. The monoisotopic (exact) mass is 632 g/mol. The Labute approximate surface area is 274 Å². The van der Waals surface area contributed by atoms with Gasteiger partial charge in [0, 0.05) is 28.9 Å². The largest absolute Gasteiger partial charge is 0.486 e. The fraction of sp³-hybridized carbons (Fsp3) is 0.789. The molecule has 258 valence electrons. The van der Waals surface area contributed by atoms with E-state index in [4.69, 9.17) is 23.7 Å². The zero-order valence-electron chi connectivity index (χ0n) is 31.1. The molecule has 0 fully saturated rings. The van der Waals surface area contributed by atoms with Gasteiger partial charge in [0.25, 0.3) is 0 Å². The second-order valence-corrected chi connectivity index (χ2v) is 16.4. The maximum atomic E-state index is 12.9. The van der Waals surface area contributed by atoms with Crippen molar-refractivity contribution in [3.8, 4) is 11.5 Å². The predicted molar refractivity (Wildman–Crippen MR) is 181 cm³/mol. The fourth-order valence-corrected chi connectivity index (χ4v) is 5.85. The van der Waals surface area contributed by atoms with Gasteiger partial charge in [0.05, 0.1) is 39.3 Å². The quantitative estimate of drug-likeness (QED) is 0.125. The normalized spacial score (nSPS) is 17.9. The Hall–Kier alpha value is -2.12. The zero-order valence-corrected chi connectivity index (χ0v) is 31.1. The summed E-state index contributed by atoms with van der Waals surface area (Å²) in [7, 11) is 1.68. The average molecular weight is 633 g/mol. The van der Waals surface area contributed by atoms with E-state index in [1.165, 1.54) is 6.42 Å². The highest BCUT2D eigenvalue weighted by Gasteiger charge is 2.46. The van der Waals surface area contributed by atoms with Crippen LogP contribution in [0.1, 0.15) is 124 Å². The summed E-state index contributed by atoms with van der Waals surface area (Å²) in [5.74, 6) is 1.99. The van der Waals surface area contributed by atoms with Crippen molar-refractivity contribution < 1.29 is 33.3 Å². The smallest absolute Gasteiger partial charge is 0.311 e. The molecule has 2 atom stereocenters. The average Bonchev–Trinajstić information content (AvgIpc) is 2.94. The Balaban J connectivity index is 1.99. The number of hydrogen-bond acceptors (Lipinski definition) is 7. The summed E-state index contributed by atoms with van der Waals surface area (Å²) in [5, 5.41) is 0. The van der Waals surface area contributed by atoms with E-state index in [-0.39, 0.29) is 41.3 Å². The summed E-state index contributed by atoms with van der Waals surface area (Å²) in [5.41, 5.74) is 3.22. The van der Waals surface area contributed by atoms with Crippen molar-refractivity contribution in [2.75, 3.05) is 33.5 Å². The van der Waals surface area contributed by atoms with Crippen LogP contribution < -0.4 is 9.47 Å². The van der Waals surface area contributed by atoms with Crippen molar-refractivity contribution >= 4 is 11.9 Å². The van der Waals surface area contributed by atoms with E-state index in [9.17, 15) is 9.59 Å². The standard InChI is InChI=1S/C38H64O7/c1-25(2)26(3)17-19-37(11,12)38(13)20-18-30-29(6)33(27(4)28(5)34(30)45-38)44-32(40)16-15-31(39)43-24-36(9,10)23-42-22-35(7,8)21-41-14/h25-26H,15-24H2,1-14H3. The van der Waals surface area contributed by atoms with Crippen LogP contribution in [0, 0.1) is 48.9 Å². The highest BCUT2D eigenvalue weighted by Crippen LogP contribution is 2.50. The number of esters is 2. The minimum Gasteiger partial charge on any atom is -0.486 e. The van der Waals surface area contributed by atoms with E-state index >= 15 is 0 Å². The molecule has 1 aliphatic heterocycles. The molecule has 0 saturated heterocycles. The third-order valence-corrected chi connectivity index (χ3v) is 10.2. The minimum atomic E-state index is -0.442. The molecule has 0 saturated carbocycles. The number of hydrogen-bond donors (Lipinski definition) is 0. The van der Waals surface area contributed by atoms with Gasteiger partial charge in [-0.1, -0.05) is 62.3 Å². The van der Waals surface area contributed by atoms with E-state index < -0.39 is 11.9 Å². The first-order valence-corrected chi connectivity index (χ1v) is 16.9. The molecule has 1 aromatic rings. The van der Waals surface area contributed by atoms with Gasteiger partial charge in [0.1, 0.15) is 17.1 Å². The van der Waals surface area contributed by atoms with Gasteiger partial charge >= 0.3 is 11.9 Å². The van der Waals surface area contributed by atoms with Gasteiger partial charge in [0.2, 0.25) is 0 Å². The molecule has 7 nitrogen and oxygen atoms in total. The minimum absolute atomic E-state index is 0.00501. The van der Waals surface area contributed by atoms with Gasteiger partial charge in [0.15, 0.2) is 0 Å². The molecular weight excluding hydrogens is 568 g/mol. The Morgan fingerprint density at radius 1 is 0.844 bits per heavy atom. The summed E-state index contributed by atoms with van der Waals surface area (Å²) < 4.78 is 29.4. The number of rotatable bonds is 17. The molecule has 45 heavy (non-hydrogen) atoms. The molecule has 1 aromatic carbocycles. The summed E-state index contributed by atoms with van der Waals surface area (Å²) >= 11 is 0. The second-order valence-electron chi connectivity index (χ2n) is 16.4. The molecular formula is C38H64O7. The van der Waals surface area contributed by atoms with Crippen LogP contribution in [0.15, 0.2) is 0 Å². The lowest BCUT2D eigenvalue weighted by Crippen LogP contribution is -2.49. The fourth-order valence-electron chi connectivity index (χ4n) is 5.85. The van der Waals surface area contributed by atoms with Gasteiger partial charge in [-0.25, -0.2) is 0 Å². The number of carbonyl (C=O) groups excluding carboxylic acids is 2. The molecule has 0 amide bonds. The second kappa shape index (κ2) is 15.6. The summed E-state index contributed by atoms with van der Waals surface area (Å²) in [6.45, 7) is 29.8. The molecule has 0 spiro atoms. The Morgan fingerprint density at radius 3 is 2.00 bits per heavy atom. The van der Waals surface area contributed by atoms with Crippen molar-refractivity contribution in [1.29, 1.82) is 0 Å². The van der Waals surface area contributed by atoms with Crippen molar-refractivity contribution in [2.45, 2.75) is 134 Å². The lowest BCUT2D eigenvalue weighted by molar-refractivity contribution is -0.150. The van der Waals surface area contributed by atoms with E-state index in [1.807, 2.05) is 34.6 Å². The van der Waals surface area contributed by atoms with Crippen LogP contribution in [0.4, 0.5) is 0 Å². The Morgan fingerprint density at radius 2 is 1.42 bits per heavy atom. The molecule has 0 aliphatic carbocycles. The maximum absolute atomic E-state index is 12.9. The summed E-state index contributed by atoms with van der Waals surface area (Å²) in [6.07, 6.45) is 3.96. The van der Waals surface area contributed by atoms with Crippen molar-refractivity contribution in [3.63, 3.8) is 0 Å². The first kappa shape index (κ1) is 39.1. The number of ether oxygens (including phenoxy) is 5. The molecule has 0 bridgehead atoms. The molecule has 2 unspecified atom stereocenters. The first-order chi connectivity index (χ1) is 20.7. The summed E-state index contributed by atoms with van der Waals surface area (Å²) in [4.78, 5) is 25.4. The van der Waals surface area contributed by atoms with Crippen LogP contribution in [0.25, 0.3) is 0 Å². The molecule has 0 N–H and O–H groups in total. The highest BCUT2D eigenvalue weighted by atomic mass is 16.5. The maximum Gasteiger partial charge on any atom is 0.311 e.